The van der Waals surface area contributed by atoms with Crippen LogP contribution in [0.2, 0.25) is 0 Å². The van der Waals surface area contributed by atoms with Gasteiger partial charge in [0.15, 0.2) is 5.79 Å². The molecule has 0 radical (unpaired) electrons. The number of carbonyl (C=O) groups excluding carboxylic acids is 2. The molecule has 48 heavy (non-hydrogen) atoms. The first-order valence-corrected chi connectivity index (χ1v) is 16.7. The fourth-order valence-corrected chi connectivity index (χ4v) is 6.57. The summed E-state index contributed by atoms with van der Waals surface area (Å²) in [5.74, 6) is -1.80. The number of nitrogens with zero attached hydrogens (tertiary/aromatic N) is 1. The molecule has 2 heterocycles. The van der Waals surface area contributed by atoms with Crippen molar-refractivity contribution in [3.63, 3.8) is 0 Å². The van der Waals surface area contributed by atoms with E-state index in [0.29, 0.717) is 30.6 Å². The van der Waals surface area contributed by atoms with Crippen molar-refractivity contribution in [3.8, 4) is 22.4 Å². The van der Waals surface area contributed by atoms with Gasteiger partial charge < -0.3 is 24.1 Å². The van der Waals surface area contributed by atoms with E-state index in [2.05, 4.69) is 23.7 Å². The van der Waals surface area contributed by atoms with E-state index >= 15 is 0 Å². The second-order valence-corrected chi connectivity index (χ2v) is 14.2. The van der Waals surface area contributed by atoms with Crippen molar-refractivity contribution in [2.45, 2.75) is 104 Å². The maximum atomic E-state index is 14.4. The van der Waals surface area contributed by atoms with Gasteiger partial charge >= 0.3 is 5.97 Å². The summed E-state index contributed by atoms with van der Waals surface area (Å²) in [5.41, 5.74) is 4.87. The average molecular weight is 655 g/mol. The molecule has 7 nitrogen and oxygen atoms in total. The third-order valence-electron chi connectivity index (χ3n) is 8.21. The molecule has 8 heteroatoms. The number of amides is 1. The number of hydrogen-bond donors (Lipinski definition) is 1. The Hall–Kier alpha value is -4.27. The molecule has 0 saturated carbocycles. The minimum Gasteiger partial charge on any atom is -0.460 e. The number of para-hydroxylation sites is 1. The van der Waals surface area contributed by atoms with E-state index < -0.39 is 11.4 Å². The molecular formula is C40H47FN2O5. The van der Waals surface area contributed by atoms with Crippen molar-refractivity contribution < 1.29 is 28.2 Å². The molecule has 1 unspecified atom stereocenters. The van der Waals surface area contributed by atoms with Crippen LogP contribution in [0.3, 0.4) is 0 Å². The molecule has 1 aliphatic heterocycles. The maximum absolute atomic E-state index is 14.4. The number of benzene rings is 3. The average Bonchev–Trinajstić information content (AvgIpc) is 3.35. The minimum atomic E-state index is -0.900. The van der Waals surface area contributed by atoms with E-state index in [9.17, 15) is 14.0 Å². The summed E-state index contributed by atoms with van der Waals surface area (Å²) in [6, 6.07) is 25.7. The molecule has 1 fully saturated rings. The van der Waals surface area contributed by atoms with Gasteiger partial charge in [0.1, 0.15) is 11.4 Å². The molecule has 2 atom stereocenters. The van der Waals surface area contributed by atoms with Crippen LogP contribution in [0.1, 0.15) is 89.7 Å². The highest BCUT2D eigenvalue weighted by Crippen LogP contribution is 2.43. The lowest BCUT2D eigenvalue weighted by atomic mass is 9.94. The van der Waals surface area contributed by atoms with Crippen LogP contribution in [0.15, 0.2) is 84.9 Å². The van der Waals surface area contributed by atoms with Gasteiger partial charge in [-0.15, -0.1) is 0 Å². The van der Waals surface area contributed by atoms with E-state index in [1.807, 2.05) is 95.3 Å². The summed E-state index contributed by atoms with van der Waals surface area (Å²) in [5, 5.41) is 3.12. The smallest absolute Gasteiger partial charge is 0.308 e. The van der Waals surface area contributed by atoms with E-state index in [1.165, 1.54) is 12.1 Å². The van der Waals surface area contributed by atoms with Crippen LogP contribution in [0.25, 0.3) is 22.4 Å². The lowest BCUT2D eigenvalue weighted by Crippen LogP contribution is -2.46. The number of rotatable bonds is 10. The summed E-state index contributed by atoms with van der Waals surface area (Å²) in [6.45, 7) is 13.9. The van der Waals surface area contributed by atoms with E-state index in [1.54, 1.807) is 12.1 Å². The number of anilines is 1. The SMILES string of the molecule is CC(C)c1c(C(=O)Nc2ccccc2)c(-c2ccccc2)c(-c2ccc(F)cc2)n1CC[C@@H]1CC(CC(=O)OC(C)(C)C)OC(C)(C)O1. The summed E-state index contributed by atoms with van der Waals surface area (Å²) < 4.78 is 34.6. The Morgan fingerprint density at radius 1 is 0.917 bits per heavy atom. The van der Waals surface area contributed by atoms with Gasteiger partial charge in [-0.2, -0.15) is 0 Å². The number of hydrogen-bond acceptors (Lipinski definition) is 5. The van der Waals surface area contributed by atoms with Gasteiger partial charge in [-0.1, -0.05) is 62.4 Å². The van der Waals surface area contributed by atoms with Crippen LogP contribution in [0.5, 0.6) is 0 Å². The van der Waals surface area contributed by atoms with Gasteiger partial charge in [-0.05, 0) is 94.5 Å². The highest BCUT2D eigenvalue weighted by molar-refractivity contribution is 6.12. The van der Waals surface area contributed by atoms with Gasteiger partial charge in [0.05, 0.1) is 29.9 Å². The number of aromatic nitrogens is 1. The predicted octanol–water partition coefficient (Wildman–Crippen LogP) is 9.37. The Morgan fingerprint density at radius 3 is 2.12 bits per heavy atom. The van der Waals surface area contributed by atoms with Crippen molar-refractivity contribution in [1.82, 2.24) is 4.57 Å². The number of ether oxygens (including phenoxy) is 3. The standard InChI is InChI=1S/C40H47FN2O5/c1-26(2)36-35(38(45)42-30-16-12-9-13-17-30)34(27-14-10-8-11-15-27)37(28-18-20-29(41)21-19-28)43(36)23-22-31-24-32(47-40(6,7)46-31)25-33(44)48-39(3,4)5/h8-21,26,31-32H,22-25H2,1-7H3,(H,42,45)/t31-,32?/m1/s1. The molecule has 1 amide bonds. The molecule has 5 rings (SSSR count). The van der Waals surface area contributed by atoms with Gasteiger partial charge in [-0.3, -0.25) is 9.59 Å². The van der Waals surface area contributed by atoms with Crippen LogP contribution in [0.4, 0.5) is 10.1 Å². The Kier molecular flexibility index (Phi) is 10.6. The zero-order chi connectivity index (χ0) is 34.6. The first-order chi connectivity index (χ1) is 22.7. The van der Waals surface area contributed by atoms with Crippen LogP contribution in [0, 0.1) is 5.82 Å². The zero-order valence-electron chi connectivity index (χ0n) is 29.0. The molecule has 0 spiro atoms. The molecule has 1 saturated heterocycles. The van der Waals surface area contributed by atoms with Gasteiger partial charge in [0.25, 0.3) is 5.91 Å². The molecule has 254 valence electrons. The number of halogens is 1. The Balaban J connectivity index is 1.59. The maximum Gasteiger partial charge on any atom is 0.308 e. The highest BCUT2D eigenvalue weighted by atomic mass is 19.1. The minimum absolute atomic E-state index is 0.0369. The van der Waals surface area contributed by atoms with Crippen molar-refractivity contribution in [2.75, 3.05) is 5.32 Å². The summed E-state index contributed by atoms with van der Waals surface area (Å²) in [7, 11) is 0. The third kappa shape index (κ3) is 8.60. The van der Waals surface area contributed by atoms with E-state index in [0.717, 1.165) is 28.1 Å². The van der Waals surface area contributed by atoms with E-state index in [4.69, 9.17) is 14.2 Å². The lowest BCUT2D eigenvalue weighted by molar-refractivity contribution is -0.301. The van der Waals surface area contributed by atoms with Crippen molar-refractivity contribution in [1.29, 1.82) is 0 Å². The van der Waals surface area contributed by atoms with Crippen LogP contribution in [-0.2, 0) is 25.5 Å². The normalized spacial score (nSPS) is 17.7. The van der Waals surface area contributed by atoms with Gasteiger partial charge in [-0.25, -0.2) is 4.39 Å². The van der Waals surface area contributed by atoms with Crippen molar-refractivity contribution in [3.05, 3.63) is 102 Å². The van der Waals surface area contributed by atoms with E-state index in [-0.39, 0.29) is 42.2 Å². The van der Waals surface area contributed by atoms with Crippen molar-refractivity contribution >= 4 is 17.6 Å². The fraction of sp³-hybridized carbons (Fsp3) is 0.400. The second-order valence-electron chi connectivity index (χ2n) is 14.2. The van der Waals surface area contributed by atoms with Crippen LogP contribution >= 0.6 is 0 Å². The molecule has 0 aliphatic carbocycles. The highest BCUT2D eigenvalue weighted by Gasteiger charge is 2.38. The number of nitrogens with one attached hydrogen (secondary N) is 1. The largest absolute Gasteiger partial charge is 0.460 e. The Morgan fingerprint density at radius 2 is 1.52 bits per heavy atom. The molecular weight excluding hydrogens is 607 g/mol. The molecule has 1 N–H and O–H groups in total. The number of carbonyl (C=O) groups is 2. The zero-order valence-corrected chi connectivity index (χ0v) is 29.0. The predicted molar refractivity (Wildman–Crippen MR) is 187 cm³/mol. The summed E-state index contributed by atoms with van der Waals surface area (Å²) in [4.78, 5) is 27.1. The molecule has 0 bridgehead atoms. The van der Waals surface area contributed by atoms with Crippen LogP contribution in [-0.4, -0.2) is 40.0 Å². The summed E-state index contributed by atoms with van der Waals surface area (Å²) in [6.07, 6.45) is 0.635. The van der Waals surface area contributed by atoms with Crippen LogP contribution < -0.4 is 5.32 Å². The lowest BCUT2D eigenvalue weighted by Gasteiger charge is -2.41. The first kappa shape index (κ1) is 35.0. The number of esters is 1. The van der Waals surface area contributed by atoms with Gasteiger partial charge in [0, 0.05) is 29.9 Å². The molecule has 3 aromatic carbocycles. The third-order valence-corrected chi connectivity index (χ3v) is 8.21. The molecule has 4 aromatic rings. The topological polar surface area (TPSA) is 78.8 Å². The fourth-order valence-electron chi connectivity index (χ4n) is 6.57. The van der Waals surface area contributed by atoms with Crippen molar-refractivity contribution in [2.24, 2.45) is 0 Å². The first-order valence-electron chi connectivity index (χ1n) is 16.7. The molecule has 1 aromatic heterocycles. The Bertz CT molecular complexity index is 1710. The van der Waals surface area contributed by atoms with Gasteiger partial charge in [0.2, 0.25) is 0 Å². The summed E-state index contributed by atoms with van der Waals surface area (Å²) >= 11 is 0. The Labute approximate surface area is 283 Å². The quantitative estimate of drug-likeness (QED) is 0.172. The second kappa shape index (κ2) is 14.5. The molecule has 1 aliphatic rings. The monoisotopic (exact) mass is 654 g/mol.